The molecule has 12 heteroatoms. The molecule has 2 aromatic carbocycles. The number of fused-ring (bicyclic) bond motifs is 5. The van der Waals surface area contributed by atoms with E-state index in [0.717, 1.165) is 5.56 Å². The topological polar surface area (TPSA) is 132 Å². The molecule has 0 radical (unpaired) electrons. The van der Waals surface area contributed by atoms with Crippen LogP contribution in [0.15, 0.2) is 47.2 Å². The summed E-state index contributed by atoms with van der Waals surface area (Å²) < 4.78 is 37.5. The number of oxazole rings is 1. The molecule has 2 atom stereocenters. The molecular weight excluding hydrogens is 559 g/mol. The highest BCUT2D eigenvalue weighted by molar-refractivity contribution is 5.93. The van der Waals surface area contributed by atoms with Gasteiger partial charge in [0.25, 0.3) is 11.8 Å². The number of likely N-dealkylation sites (tertiary alicyclic amines) is 1. The minimum Gasteiger partial charge on any atom is -0.493 e. The number of hydrogen-bond acceptors (Lipinski definition) is 8. The average molecular weight is 595 g/mol. The molecule has 4 bridgehead atoms. The largest absolute Gasteiger partial charge is 0.493 e. The number of nitrogens with zero attached hydrogens (tertiary/aromatic N) is 2. The Morgan fingerprint density at radius 1 is 1.12 bits per heavy atom. The summed E-state index contributed by atoms with van der Waals surface area (Å²) in [7, 11) is 1.50. The first-order valence-electron chi connectivity index (χ1n) is 14.2. The summed E-state index contributed by atoms with van der Waals surface area (Å²) in [4.78, 5) is 44.9. The molecule has 0 unspecified atom stereocenters. The third-order valence-electron chi connectivity index (χ3n) is 7.44. The summed E-state index contributed by atoms with van der Waals surface area (Å²) in [5.41, 5.74) is 1.59. The van der Waals surface area contributed by atoms with Crippen LogP contribution >= 0.6 is 0 Å². The number of carbonyl (C=O) groups is 3. The lowest BCUT2D eigenvalue weighted by Crippen LogP contribution is -2.58. The van der Waals surface area contributed by atoms with Crippen molar-refractivity contribution >= 4 is 17.7 Å². The van der Waals surface area contributed by atoms with Gasteiger partial charge in [0, 0.05) is 44.5 Å². The highest BCUT2D eigenvalue weighted by Crippen LogP contribution is 2.29. The highest BCUT2D eigenvalue weighted by atomic mass is 19.1. The number of piperidine rings is 1. The van der Waals surface area contributed by atoms with Crippen molar-refractivity contribution in [2.75, 3.05) is 26.8 Å². The Morgan fingerprint density at radius 3 is 2.74 bits per heavy atom. The Kier molecular flexibility index (Phi) is 9.13. The van der Waals surface area contributed by atoms with Crippen LogP contribution in [0.4, 0.5) is 4.39 Å². The number of hydrogen-bond donors (Lipinski definition) is 2. The van der Waals surface area contributed by atoms with Crippen LogP contribution in [-0.4, -0.2) is 66.6 Å². The van der Waals surface area contributed by atoms with Crippen LogP contribution in [0.2, 0.25) is 0 Å². The maximum Gasteiger partial charge on any atom is 0.276 e. The summed E-state index contributed by atoms with van der Waals surface area (Å²) >= 11 is 0. The monoisotopic (exact) mass is 594 g/mol. The molecule has 228 valence electrons. The Balaban J connectivity index is 1.42. The smallest absolute Gasteiger partial charge is 0.276 e. The Morgan fingerprint density at radius 2 is 1.95 bits per heavy atom. The van der Waals surface area contributed by atoms with E-state index in [-0.39, 0.29) is 55.3 Å². The molecule has 3 aromatic rings. The van der Waals surface area contributed by atoms with Crippen LogP contribution in [0.3, 0.4) is 0 Å². The van der Waals surface area contributed by atoms with Gasteiger partial charge in [0.15, 0.2) is 30.2 Å². The standard InChI is InChI=1S/C31H35FN4O7/c1-18(2)30-29(34-17-42-30)31(39)36-9-8-24-23(15-36)35-28(38)16-41-26-12-19(4-6-25(26)40-3)5-7-27(37)33-14-20-10-21(32)13-22(11-20)43-24/h4,6,10-13,17-18,23-24H,5,7-9,14-16H2,1-3H3,(H,33,37)(H,35,38)/t23-,24-/m1/s1. The van der Waals surface area contributed by atoms with E-state index in [1.807, 2.05) is 19.9 Å². The molecule has 5 rings (SSSR count). The van der Waals surface area contributed by atoms with Crippen molar-refractivity contribution in [3.63, 3.8) is 0 Å². The van der Waals surface area contributed by atoms with Crippen molar-refractivity contribution in [3.8, 4) is 17.2 Å². The van der Waals surface area contributed by atoms with Crippen molar-refractivity contribution < 1.29 is 37.4 Å². The van der Waals surface area contributed by atoms with E-state index >= 15 is 0 Å². The lowest BCUT2D eigenvalue weighted by molar-refractivity contribution is -0.125. The van der Waals surface area contributed by atoms with E-state index in [4.69, 9.17) is 18.6 Å². The van der Waals surface area contributed by atoms with Crippen molar-refractivity contribution in [2.24, 2.45) is 0 Å². The number of amides is 3. The van der Waals surface area contributed by atoms with E-state index in [9.17, 15) is 18.8 Å². The van der Waals surface area contributed by atoms with Gasteiger partial charge >= 0.3 is 0 Å². The summed E-state index contributed by atoms with van der Waals surface area (Å²) in [5, 5.41) is 5.77. The van der Waals surface area contributed by atoms with Crippen molar-refractivity contribution in [3.05, 3.63) is 71.2 Å². The lowest BCUT2D eigenvalue weighted by atomic mass is 10.0. The highest BCUT2D eigenvalue weighted by Gasteiger charge is 2.36. The van der Waals surface area contributed by atoms with E-state index in [0.29, 0.717) is 42.2 Å². The first-order valence-corrected chi connectivity index (χ1v) is 14.2. The summed E-state index contributed by atoms with van der Waals surface area (Å²) in [5.74, 6) is 0.0351. The van der Waals surface area contributed by atoms with Gasteiger partial charge in [-0.25, -0.2) is 9.37 Å². The molecule has 0 spiro atoms. The molecule has 43 heavy (non-hydrogen) atoms. The van der Waals surface area contributed by atoms with E-state index in [1.165, 1.54) is 25.6 Å². The van der Waals surface area contributed by atoms with Gasteiger partial charge in [-0.15, -0.1) is 0 Å². The maximum absolute atomic E-state index is 14.6. The van der Waals surface area contributed by atoms with Gasteiger partial charge in [0.1, 0.15) is 23.4 Å². The molecule has 3 heterocycles. The number of aromatic nitrogens is 1. The van der Waals surface area contributed by atoms with Gasteiger partial charge < -0.3 is 34.2 Å². The zero-order valence-electron chi connectivity index (χ0n) is 24.4. The minimum absolute atomic E-state index is 0.0437. The Bertz CT molecular complexity index is 1490. The summed E-state index contributed by atoms with van der Waals surface area (Å²) in [6, 6.07) is 8.88. The average Bonchev–Trinajstić information content (AvgIpc) is 3.48. The fourth-order valence-corrected chi connectivity index (χ4v) is 5.26. The number of rotatable bonds is 3. The van der Waals surface area contributed by atoms with E-state index in [1.54, 1.807) is 23.1 Å². The van der Waals surface area contributed by atoms with Gasteiger partial charge in [0.05, 0.1) is 13.2 Å². The first-order chi connectivity index (χ1) is 20.7. The van der Waals surface area contributed by atoms with Gasteiger partial charge in [-0.2, -0.15) is 0 Å². The molecular formula is C31H35FN4O7. The Hall–Kier alpha value is -4.61. The van der Waals surface area contributed by atoms with Gasteiger partial charge in [-0.3, -0.25) is 14.4 Å². The van der Waals surface area contributed by atoms with Crippen molar-refractivity contribution in [1.82, 2.24) is 20.5 Å². The predicted molar refractivity (Wildman–Crippen MR) is 153 cm³/mol. The molecule has 0 aliphatic carbocycles. The molecule has 2 aliphatic rings. The van der Waals surface area contributed by atoms with Crippen LogP contribution in [0, 0.1) is 5.82 Å². The van der Waals surface area contributed by atoms with Crippen LogP contribution in [0.25, 0.3) is 0 Å². The third kappa shape index (κ3) is 7.25. The van der Waals surface area contributed by atoms with Crippen LogP contribution < -0.4 is 24.8 Å². The van der Waals surface area contributed by atoms with Gasteiger partial charge in [-0.05, 0) is 41.8 Å². The van der Waals surface area contributed by atoms with Crippen LogP contribution in [-0.2, 0) is 22.6 Å². The summed E-state index contributed by atoms with van der Waals surface area (Å²) in [6.07, 6.45) is 1.65. The molecule has 2 aliphatic heterocycles. The van der Waals surface area contributed by atoms with E-state index < -0.39 is 23.9 Å². The number of nitrogens with one attached hydrogen (secondary N) is 2. The fraction of sp³-hybridized carbons (Fsp3) is 0.419. The van der Waals surface area contributed by atoms with Gasteiger partial charge in [0.2, 0.25) is 5.91 Å². The normalized spacial score (nSPS) is 19.6. The minimum atomic E-state index is -0.651. The molecule has 0 saturated carbocycles. The SMILES string of the molecule is COc1ccc2cc1OCC(=O)N[C@@H]1CN(C(=O)c3ncoc3C(C)C)CC[C@H]1Oc1cc(F)cc(c1)CNC(=O)CC2. The third-order valence-corrected chi connectivity index (χ3v) is 7.44. The first kappa shape index (κ1) is 29.9. The van der Waals surface area contributed by atoms with Crippen LogP contribution in [0.5, 0.6) is 17.2 Å². The van der Waals surface area contributed by atoms with Gasteiger partial charge in [-0.1, -0.05) is 19.9 Å². The second-order valence-corrected chi connectivity index (χ2v) is 10.9. The second-order valence-electron chi connectivity index (χ2n) is 10.9. The zero-order valence-corrected chi connectivity index (χ0v) is 24.4. The van der Waals surface area contributed by atoms with Crippen LogP contribution in [0.1, 0.15) is 60.0 Å². The van der Waals surface area contributed by atoms with Crippen molar-refractivity contribution in [2.45, 2.75) is 57.7 Å². The predicted octanol–water partition coefficient (Wildman–Crippen LogP) is 3.37. The maximum atomic E-state index is 14.6. The zero-order chi connectivity index (χ0) is 30.5. The lowest BCUT2D eigenvalue weighted by Gasteiger charge is -2.38. The number of benzene rings is 2. The number of ether oxygens (including phenoxy) is 3. The molecule has 3 amide bonds. The second kappa shape index (κ2) is 13.1. The quantitative estimate of drug-likeness (QED) is 0.472. The number of carbonyl (C=O) groups excluding carboxylic acids is 3. The fourth-order valence-electron chi connectivity index (χ4n) is 5.26. The molecule has 11 nitrogen and oxygen atoms in total. The van der Waals surface area contributed by atoms with Crippen molar-refractivity contribution in [1.29, 1.82) is 0 Å². The Labute approximate surface area is 248 Å². The van der Waals surface area contributed by atoms with E-state index in [2.05, 4.69) is 15.6 Å². The molecule has 1 saturated heterocycles. The molecule has 1 aromatic heterocycles. The number of aryl methyl sites for hydroxylation is 1. The number of halogens is 1. The summed E-state index contributed by atoms with van der Waals surface area (Å²) in [6.45, 7) is 4.05. The number of methoxy groups -OCH3 is 1. The molecule has 1 fully saturated rings. The molecule has 2 N–H and O–H groups in total.